The zero-order valence-electron chi connectivity index (χ0n) is 11.9. The second-order valence-electron chi connectivity index (χ2n) is 6.15. The van der Waals surface area contributed by atoms with E-state index in [0.717, 1.165) is 5.75 Å². The van der Waals surface area contributed by atoms with E-state index in [0.29, 0.717) is 29.9 Å². The van der Waals surface area contributed by atoms with Crippen LogP contribution < -0.4 is 9.47 Å². The Kier molecular flexibility index (Phi) is 5.33. The minimum atomic E-state index is 0.138. The Morgan fingerprint density at radius 3 is 2.33 bits per heavy atom. The summed E-state index contributed by atoms with van der Waals surface area (Å²) in [6, 6.07) is 5.57. The van der Waals surface area contributed by atoms with Gasteiger partial charge in [-0.2, -0.15) is 0 Å². The molecular weight excluding hydrogens is 248 g/mol. The van der Waals surface area contributed by atoms with Gasteiger partial charge in [-0.3, -0.25) is 0 Å². The van der Waals surface area contributed by atoms with Crippen LogP contribution in [0.3, 0.4) is 0 Å². The molecule has 0 unspecified atom stereocenters. The normalized spacial score (nSPS) is 11.7. The van der Waals surface area contributed by atoms with E-state index in [9.17, 15) is 0 Å². The van der Waals surface area contributed by atoms with Gasteiger partial charge in [-0.15, -0.1) is 0 Å². The number of hydrogen-bond donors (Lipinski definition) is 0. The summed E-state index contributed by atoms with van der Waals surface area (Å²) < 4.78 is 11.3. The Bertz CT molecular complexity index is 381. The molecule has 0 spiro atoms. The number of hydrogen-bond acceptors (Lipinski definition) is 2. The molecule has 0 N–H and O–H groups in total. The van der Waals surface area contributed by atoms with E-state index in [-0.39, 0.29) is 5.41 Å². The molecule has 2 nitrogen and oxygen atoms in total. The van der Waals surface area contributed by atoms with Gasteiger partial charge in [0, 0.05) is 6.07 Å². The Morgan fingerprint density at radius 2 is 1.83 bits per heavy atom. The van der Waals surface area contributed by atoms with Gasteiger partial charge in [0.05, 0.1) is 18.2 Å². The van der Waals surface area contributed by atoms with Crippen molar-refractivity contribution in [2.75, 3.05) is 13.2 Å². The first-order valence-corrected chi connectivity index (χ1v) is 6.71. The SMILES string of the molecule is CC(C)COc1ccc(OCC(C)(C)C)cc1Cl. The summed E-state index contributed by atoms with van der Waals surface area (Å²) in [4.78, 5) is 0. The van der Waals surface area contributed by atoms with Gasteiger partial charge < -0.3 is 9.47 Å². The van der Waals surface area contributed by atoms with Crippen LogP contribution in [-0.4, -0.2) is 13.2 Å². The van der Waals surface area contributed by atoms with Crippen LogP contribution in [0.25, 0.3) is 0 Å². The molecular formula is C15H23ClO2. The number of rotatable bonds is 5. The molecule has 1 rings (SSSR count). The van der Waals surface area contributed by atoms with Gasteiger partial charge in [0.15, 0.2) is 0 Å². The summed E-state index contributed by atoms with van der Waals surface area (Å²) in [5.74, 6) is 1.98. The molecule has 0 bridgehead atoms. The highest BCUT2D eigenvalue weighted by Crippen LogP contribution is 2.30. The topological polar surface area (TPSA) is 18.5 Å². The van der Waals surface area contributed by atoms with Crippen LogP contribution in [0.4, 0.5) is 0 Å². The molecule has 0 saturated heterocycles. The average Bonchev–Trinajstić information content (AvgIpc) is 2.24. The lowest BCUT2D eigenvalue weighted by molar-refractivity contribution is 0.197. The Morgan fingerprint density at radius 1 is 1.17 bits per heavy atom. The predicted molar refractivity (Wildman–Crippen MR) is 76.7 cm³/mol. The summed E-state index contributed by atoms with van der Waals surface area (Å²) in [6.45, 7) is 11.9. The molecule has 0 aliphatic heterocycles. The van der Waals surface area contributed by atoms with Crippen molar-refractivity contribution in [3.63, 3.8) is 0 Å². The van der Waals surface area contributed by atoms with Crippen molar-refractivity contribution in [2.24, 2.45) is 11.3 Å². The highest BCUT2D eigenvalue weighted by molar-refractivity contribution is 6.32. The van der Waals surface area contributed by atoms with Crippen molar-refractivity contribution in [1.29, 1.82) is 0 Å². The smallest absolute Gasteiger partial charge is 0.138 e. The number of benzene rings is 1. The molecule has 0 aliphatic carbocycles. The highest BCUT2D eigenvalue weighted by Gasteiger charge is 2.12. The van der Waals surface area contributed by atoms with Gasteiger partial charge in [-0.1, -0.05) is 46.2 Å². The monoisotopic (exact) mass is 270 g/mol. The lowest BCUT2D eigenvalue weighted by Gasteiger charge is -2.19. The standard InChI is InChI=1S/C15H23ClO2/c1-11(2)9-17-14-7-6-12(8-13(14)16)18-10-15(3,4)5/h6-8,11H,9-10H2,1-5H3. The second kappa shape index (κ2) is 6.33. The van der Waals surface area contributed by atoms with E-state index < -0.39 is 0 Å². The Labute approximate surface area is 115 Å². The largest absolute Gasteiger partial charge is 0.493 e. The van der Waals surface area contributed by atoms with Crippen molar-refractivity contribution in [2.45, 2.75) is 34.6 Å². The van der Waals surface area contributed by atoms with Gasteiger partial charge in [-0.05, 0) is 23.5 Å². The quantitative estimate of drug-likeness (QED) is 0.765. The molecule has 1 aromatic rings. The van der Waals surface area contributed by atoms with E-state index in [2.05, 4.69) is 34.6 Å². The summed E-state index contributed by atoms with van der Waals surface area (Å²) in [7, 11) is 0. The Hall–Kier alpha value is -0.890. The fourth-order valence-electron chi connectivity index (χ4n) is 1.24. The lowest BCUT2D eigenvalue weighted by Crippen LogP contribution is -2.16. The van der Waals surface area contributed by atoms with Crippen molar-refractivity contribution >= 4 is 11.6 Å². The van der Waals surface area contributed by atoms with Crippen LogP contribution in [0.2, 0.25) is 5.02 Å². The van der Waals surface area contributed by atoms with Crippen LogP contribution >= 0.6 is 11.6 Å². The Balaban J connectivity index is 2.62. The summed E-state index contributed by atoms with van der Waals surface area (Å²) in [5.41, 5.74) is 0.138. The van der Waals surface area contributed by atoms with Gasteiger partial charge in [0.2, 0.25) is 0 Å². The van der Waals surface area contributed by atoms with Crippen molar-refractivity contribution in [3.8, 4) is 11.5 Å². The molecule has 102 valence electrons. The molecule has 0 fully saturated rings. The maximum Gasteiger partial charge on any atom is 0.138 e. The van der Waals surface area contributed by atoms with E-state index >= 15 is 0 Å². The van der Waals surface area contributed by atoms with Crippen LogP contribution in [0.1, 0.15) is 34.6 Å². The van der Waals surface area contributed by atoms with E-state index in [1.807, 2.05) is 18.2 Å². The minimum Gasteiger partial charge on any atom is -0.493 e. The van der Waals surface area contributed by atoms with E-state index in [1.54, 1.807) is 0 Å². The summed E-state index contributed by atoms with van der Waals surface area (Å²) in [5, 5.41) is 0.599. The first-order chi connectivity index (χ1) is 8.28. The van der Waals surface area contributed by atoms with Crippen LogP contribution in [-0.2, 0) is 0 Å². The van der Waals surface area contributed by atoms with E-state index in [1.165, 1.54) is 0 Å². The second-order valence-corrected chi connectivity index (χ2v) is 6.55. The van der Waals surface area contributed by atoms with E-state index in [4.69, 9.17) is 21.1 Å². The molecule has 0 saturated carbocycles. The first kappa shape index (κ1) is 15.2. The van der Waals surface area contributed by atoms with Crippen LogP contribution in [0.5, 0.6) is 11.5 Å². The van der Waals surface area contributed by atoms with Crippen LogP contribution in [0.15, 0.2) is 18.2 Å². The lowest BCUT2D eigenvalue weighted by atomic mass is 9.99. The van der Waals surface area contributed by atoms with Gasteiger partial charge in [0.25, 0.3) is 0 Å². The van der Waals surface area contributed by atoms with Gasteiger partial charge >= 0.3 is 0 Å². The highest BCUT2D eigenvalue weighted by atomic mass is 35.5. The average molecular weight is 271 g/mol. The zero-order chi connectivity index (χ0) is 13.8. The molecule has 18 heavy (non-hydrogen) atoms. The molecule has 0 aromatic heterocycles. The molecule has 1 aromatic carbocycles. The zero-order valence-corrected chi connectivity index (χ0v) is 12.7. The third kappa shape index (κ3) is 5.63. The fraction of sp³-hybridized carbons (Fsp3) is 0.600. The van der Waals surface area contributed by atoms with Crippen molar-refractivity contribution < 1.29 is 9.47 Å². The van der Waals surface area contributed by atoms with Crippen molar-refractivity contribution in [3.05, 3.63) is 23.2 Å². The fourth-order valence-corrected chi connectivity index (χ4v) is 1.47. The van der Waals surface area contributed by atoms with Gasteiger partial charge in [-0.25, -0.2) is 0 Å². The minimum absolute atomic E-state index is 0.138. The maximum absolute atomic E-state index is 6.16. The van der Waals surface area contributed by atoms with Gasteiger partial charge in [0.1, 0.15) is 11.5 Å². The number of ether oxygens (including phenoxy) is 2. The third-order valence-corrected chi connectivity index (χ3v) is 2.44. The molecule has 3 heteroatoms. The number of halogens is 1. The molecule has 0 radical (unpaired) electrons. The first-order valence-electron chi connectivity index (χ1n) is 6.33. The molecule has 0 heterocycles. The third-order valence-electron chi connectivity index (χ3n) is 2.15. The van der Waals surface area contributed by atoms with Crippen molar-refractivity contribution in [1.82, 2.24) is 0 Å². The summed E-state index contributed by atoms with van der Waals surface area (Å²) in [6.07, 6.45) is 0. The molecule has 0 amide bonds. The maximum atomic E-state index is 6.16. The summed E-state index contributed by atoms with van der Waals surface area (Å²) >= 11 is 6.16. The molecule has 0 atom stereocenters. The predicted octanol–water partition coefficient (Wildman–Crippen LogP) is 4.80. The van der Waals surface area contributed by atoms with Crippen LogP contribution in [0, 0.1) is 11.3 Å². The molecule has 0 aliphatic rings.